The van der Waals surface area contributed by atoms with Crippen molar-refractivity contribution in [3.05, 3.63) is 35.7 Å². The van der Waals surface area contributed by atoms with Gasteiger partial charge < -0.3 is 4.74 Å². The van der Waals surface area contributed by atoms with Crippen LogP contribution in [0.15, 0.2) is 24.5 Å². The van der Waals surface area contributed by atoms with E-state index in [1.807, 2.05) is 6.20 Å². The number of allylic oxidation sites excluding steroid dienone is 2. The van der Waals surface area contributed by atoms with E-state index >= 15 is 0 Å². The molecule has 3 heteroatoms. The number of nitrogens with zero attached hydrogens (tertiary/aromatic N) is 1. The summed E-state index contributed by atoms with van der Waals surface area (Å²) in [5.41, 5.74) is 4.66. The van der Waals surface area contributed by atoms with Gasteiger partial charge in [0.2, 0.25) is 0 Å². The molecule has 6 atom stereocenters. The third kappa shape index (κ3) is 2.61. The normalized spacial score (nSPS) is 42.5. The lowest BCUT2D eigenvalue weighted by Gasteiger charge is -2.58. The number of cyclic esters (lactones) is 1. The van der Waals surface area contributed by atoms with Crippen LogP contribution in [0.25, 0.3) is 5.57 Å². The van der Waals surface area contributed by atoms with Gasteiger partial charge in [-0.1, -0.05) is 19.9 Å². The van der Waals surface area contributed by atoms with Gasteiger partial charge >= 0.3 is 5.97 Å². The molecule has 0 spiro atoms. The van der Waals surface area contributed by atoms with Crippen molar-refractivity contribution in [2.45, 2.75) is 65.7 Å². The number of rotatable bonds is 1. The summed E-state index contributed by atoms with van der Waals surface area (Å²) >= 11 is 0. The summed E-state index contributed by atoms with van der Waals surface area (Å²) in [5.74, 6) is 2.82. The van der Waals surface area contributed by atoms with E-state index in [9.17, 15) is 4.79 Å². The van der Waals surface area contributed by atoms with Crippen molar-refractivity contribution in [1.29, 1.82) is 0 Å². The second-order valence-electron chi connectivity index (χ2n) is 10.4. The standard InChI is InChI=1S/C25H33NO2/c1-16-12-17(14-26-13-16)20-6-7-21-19-5-4-18-15-28-23(27)9-11-24(18,2)22(19)8-10-25(20,21)3/h6,12-14,18-19,21-22H,4-5,7-11,15H2,1-3H3/t18-,19-,21-,22-,24-,25+/m0/s1. The molecule has 0 bridgehead atoms. The summed E-state index contributed by atoms with van der Waals surface area (Å²) in [7, 11) is 0. The van der Waals surface area contributed by atoms with Crippen LogP contribution < -0.4 is 0 Å². The molecule has 0 aromatic carbocycles. The molecule has 3 aliphatic carbocycles. The molecule has 1 aliphatic heterocycles. The highest BCUT2D eigenvalue weighted by molar-refractivity contribution is 5.73. The van der Waals surface area contributed by atoms with Crippen molar-refractivity contribution >= 4 is 11.5 Å². The van der Waals surface area contributed by atoms with E-state index in [0.29, 0.717) is 18.9 Å². The SMILES string of the molecule is Cc1cncc(C2=CC[C@H]3[C@@H]4CC[C@H]5COC(=O)CC[C@]5(C)[C@H]4CC[C@]23C)c1. The van der Waals surface area contributed by atoms with Gasteiger partial charge in [-0.2, -0.15) is 0 Å². The highest BCUT2D eigenvalue weighted by Gasteiger charge is 2.58. The Labute approximate surface area is 169 Å². The van der Waals surface area contributed by atoms with Crippen LogP contribution in [0.2, 0.25) is 0 Å². The summed E-state index contributed by atoms with van der Waals surface area (Å²) in [5, 5.41) is 0. The number of pyridine rings is 1. The van der Waals surface area contributed by atoms with Gasteiger partial charge in [-0.05, 0) is 103 Å². The zero-order chi connectivity index (χ0) is 19.5. The van der Waals surface area contributed by atoms with Crippen LogP contribution in [-0.4, -0.2) is 17.6 Å². The average Bonchev–Trinajstić information content (AvgIpc) is 2.95. The Morgan fingerprint density at radius 1 is 1.11 bits per heavy atom. The quantitative estimate of drug-likeness (QED) is 0.598. The van der Waals surface area contributed by atoms with E-state index in [2.05, 4.69) is 44.1 Å². The summed E-state index contributed by atoms with van der Waals surface area (Å²) in [6.45, 7) is 7.79. The Kier molecular flexibility index (Phi) is 4.23. The van der Waals surface area contributed by atoms with Crippen molar-refractivity contribution in [3.63, 3.8) is 0 Å². The maximum atomic E-state index is 12.0. The van der Waals surface area contributed by atoms with Crippen molar-refractivity contribution in [2.24, 2.45) is 34.5 Å². The first-order valence-corrected chi connectivity index (χ1v) is 11.2. The molecule has 0 amide bonds. The van der Waals surface area contributed by atoms with Crippen LogP contribution in [0.3, 0.4) is 0 Å². The Morgan fingerprint density at radius 2 is 1.96 bits per heavy atom. The Morgan fingerprint density at radius 3 is 2.79 bits per heavy atom. The largest absolute Gasteiger partial charge is 0.465 e. The van der Waals surface area contributed by atoms with E-state index < -0.39 is 0 Å². The van der Waals surface area contributed by atoms with E-state index in [1.54, 1.807) is 5.57 Å². The Bertz CT molecular complexity index is 830. The fourth-order valence-corrected chi connectivity index (χ4v) is 7.55. The molecule has 28 heavy (non-hydrogen) atoms. The molecule has 1 aromatic rings. The van der Waals surface area contributed by atoms with Crippen LogP contribution in [0, 0.1) is 41.4 Å². The van der Waals surface area contributed by atoms with Crippen molar-refractivity contribution in [2.75, 3.05) is 6.61 Å². The molecule has 3 fully saturated rings. The van der Waals surface area contributed by atoms with Crippen LogP contribution in [-0.2, 0) is 9.53 Å². The van der Waals surface area contributed by atoms with E-state index in [-0.39, 0.29) is 16.8 Å². The molecule has 0 N–H and O–H groups in total. The Balaban J connectivity index is 1.45. The van der Waals surface area contributed by atoms with Crippen LogP contribution in [0.1, 0.15) is 69.9 Å². The van der Waals surface area contributed by atoms with Gasteiger partial charge in [-0.25, -0.2) is 0 Å². The number of hydrogen-bond donors (Lipinski definition) is 0. The second-order valence-corrected chi connectivity index (χ2v) is 10.4. The minimum atomic E-state index is 0.0181. The summed E-state index contributed by atoms with van der Waals surface area (Å²) < 4.78 is 5.55. The molecule has 150 valence electrons. The molecule has 0 unspecified atom stereocenters. The summed E-state index contributed by atoms with van der Waals surface area (Å²) in [4.78, 5) is 16.4. The average molecular weight is 380 g/mol. The lowest BCUT2D eigenvalue weighted by atomic mass is 9.46. The number of carbonyl (C=O) groups is 1. The molecule has 4 aliphatic rings. The van der Waals surface area contributed by atoms with E-state index in [0.717, 1.165) is 24.2 Å². The van der Waals surface area contributed by atoms with Gasteiger partial charge in [0.1, 0.15) is 0 Å². The molecule has 2 saturated carbocycles. The first-order valence-electron chi connectivity index (χ1n) is 11.2. The van der Waals surface area contributed by atoms with Crippen LogP contribution in [0.5, 0.6) is 0 Å². The minimum Gasteiger partial charge on any atom is -0.465 e. The van der Waals surface area contributed by atoms with E-state index in [1.165, 1.54) is 43.2 Å². The maximum absolute atomic E-state index is 12.0. The number of ether oxygens (including phenoxy) is 1. The topological polar surface area (TPSA) is 39.2 Å². The third-order valence-corrected chi connectivity index (χ3v) is 9.15. The molecule has 1 saturated heterocycles. The highest BCUT2D eigenvalue weighted by atomic mass is 16.5. The lowest BCUT2D eigenvalue weighted by Crippen LogP contribution is -2.51. The molecule has 3 nitrogen and oxygen atoms in total. The number of aromatic nitrogens is 1. The van der Waals surface area contributed by atoms with Crippen molar-refractivity contribution in [3.8, 4) is 0 Å². The van der Waals surface area contributed by atoms with Gasteiger partial charge in [0.25, 0.3) is 0 Å². The van der Waals surface area contributed by atoms with Crippen LogP contribution >= 0.6 is 0 Å². The zero-order valence-corrected chi connectivity index (χ0v) is 17.5. The Hall–Kier alpha value is -1.64. The fourth-order valence-electron chi connectivity index (χ4n) is 7.55. The second kappa shape index (κ2) is 6.43. The number of fused-ring (bicyclic) bond motifs is 5. The lowest BCUT2D eigenvalue weighted by molar-refractivity contribution is -0.144. The smallest absolute Gasteiger partial charge is 0.305 e. The molecular formula is C25H33NO2. The highest BCUT2D eigenvalue weighted by Crippen LogP contribution is 2.66. The maximum Gasteiger partial charge on any atom is 0.305 e. The number of carbonyl (C=O) groups excluding carboxylic acids is 1. The first kappa shape index (κ1) is 18.4. The number of hydrogen-bond acceptors (Lipinski definition) is 3. The van der Waals surface area contributed by atoms with Gasteiger partial charge in [0.05, 0.1) is 6.61 Å². The van der Waals surface area contributed by atoms with Crippen molar-refractivity contribution in [1.82, 2.24) is 4.98 Å². The van der Waals surface area contributed by atoms with Gasteiger partial charge in [-0.3, -0.25) is 9.78 Å². The van der Waals surface area contributed by atoms with E-state index in [4.69, 9.17) is 4.74 Å². The number of esters is 1. The van der Waals surface area contributed by atoms with Gasteiger partial charge in [0, 0.05) is 18.8 Å². The molecule has 2 heterocycles. The predicted octanol–water partition coefficient (Wildman–Crippen LogP) is 5.58. The fraction of sp³-hybridized carbons (Fsp3) is 0.680. The van der Waals surface area contributed by atoms with Crippen molar-refractivity contribution < 1.29 is 9.53 Å². The zero-order valence-electron chi connectivity index (χ0n) is 17.5. The molecule has 0 radical (unpaired) electrons. The van der Waals surface area contributed by atoms with Gasteiger partial charge in [0.15, 0.2) is 0 Å². The summed E-state index contributed by atoms with van der Waals surface area (Å²) in [6.07, 6.45) is 14.4. The number of aryl methyl sites for hydroxylation is 1. The first-order chi connectivity index (χ1) is 13.4. The molecule has 1 aromatic heterocycles. The summed E-state index contributed by atoms with van der Waals surface area (Å²) in [6, 6.07) is 2.31. The predicted molar refractivity (Wildman–Crippen MR) is 110 cm³/mol. The van der Waals surface area contributed by atoms with Gasteiger partial charge in [-0.15, -0.1) is 0 Å². The molecular weight excluding hydrogens is 346 g/mol. The monoisotopic (exact) mass is 379 g/mol. The molecule has 5 rings (SSSR count). The minimum absolute atomic E-state index is 0.0181. The third-order valence-electron chi connectivity index (χ3n) is 9.15. The van der Waals surface area contributed by atoms with Crippen LogP contribution in [0.4, 0.5) is 0 Å².